The minimum atomic E-state index is -3.32. The van der Waals surface area contributed by atoms with E-state index in [1.165, 1.54) is 17.1 Å². The van der Waals surface area contributed by atoms with Gasteiger partial charge >= 0.3 is 6.01 Å². The molecule has 8 heteroatoms. The van der Waals surface area contributed by atoms with Gasteiger partial charge in [-0.05, 0) is 51.7 Å². The number of sulfone groups is 1. The Hall–Kier alpha value is -2.22. The second-order valence-electron chi connectivity index (χ2n) is 7.63. The number of hydrogen-bond acceptors (Lipinski definition) is 6. The van der Waals surface area contributed by atoms with Crippen LogP contribution >= 0.6 is 0 Å². The summed E-state index contributed by atoms with van der Waals surface area (Å²) in [6, 6.07) is 5.00. The third-order valence-electron chi connectivity index (χ3n) is 5.03. The quantitative estimate of drug-likeness (QED) is 0.734. The Kier molecular flexibility index (Phi) is 6.17. The van der Waals surface area contributed by atoms with Gasteiger partial charge in [0.25, 0.3) is 0 Å². The topological polar surface area (TPSA) is 91.2 Å². The first-order valence-electron chi connectivity index (χ1n) is 9.68. The van der Waals surface area contributed by atoms with Gasteiger partial charge in [0.05, 0.1) is 22.4 Å². The minimum Gasteiger partial charge on any atom is -0.460 e. The molecule has 0 saturated heterocycles. The molecule has 0 radical (unpaired) electrons. The van der Waals surface area contributed by atoms with Crippen LogP contribution in [-0.2, 0) is 22.6 Å². The van der Waals surface area contributed by atoms with Crippen molar-refractivity contribution in [3.8, 4) is 17.3 Å². The molecule has 2 aromatic rings. The molecule has 0 aromatic carbocycles. The lowest BCUT2D eigenvalue weighted by Gasteiger charge is -2.22. The molecule has 7 nitrogen and oxygen atoms in total. The van der Waals surface area contributed by atoms with Crippen molar-refractivity contribution >= 4 is 9.84 Å². The van der Waals surface area contributed by atoms with Crippen molar-refractivity contribution in [2.24, 2.45) is 7.05 Å². The van der Waals surface area contributed by atoms with E-state index in [-0.39, 0.29) is 23.4 Å². The molecule has 3 rings (SSSR count). The Morgan fingerprint density at radius 1 is 1.18 bits per heavy atom. The van der Waals surface area contributed by atoms with Crippen molar-refractivity contribution in [1.29, 1.82) is 0 Å². The number of nitrogens with zero attached hydrogens (tertiary/aromatic N) is 3. The molecular formula is C20H27N3O4S. The highest BCUT2D eigenvalue weighted by molar-refractivity contribution is 7.91. The number of aromatic nitrogens is 3. The van der Waals surface area contributed by atoms with Gasteiger partial charge in [-0.2, -0.15) is 9.97 Å². The average Bonchev–Trinajstić information content (AvgIpc) is 2.64. The van der Waals surface area contributed by atoms with Crippen LogP contribution in [-0.4, -0.2) is 34.3 Å². The molecule has 0 atom stereocenters. The van der Waals surface area contributed by atoms with Gasteiger partial charge in [0.15, 0.2) is 9.84 Å². The van der Waals surface area contributed by atoms with Gasteiger partial charge in [-0.1, -0.05) is 6.42 Å². The molecule has 1 saturated carbocycles. The highest BCUT2D eigenvalue weighted by Gasteiger charge is 2.21. The fourth-order valence-electron chi connectivity index (χ4n) is 3.20. The Bertz CT molecular complexity index is 993. The van der Waals surface area contributed by atoms with Crippen LogP contribution in [0, 0.1) is 0 Å². The zero-order valence-electron chi connectivity index (χ0n) is 16.6. The molecule has 0 unspecified atom stereocenters. The molecule has 28 heavy (non-hydrogen) atoms. The van der Waals surface area contributed by atoms with Gasteiger partial charge in [0.2, 0.25) is 5.56 Å². The average molecular weight is 406 g/mol. The highest BCUT2D eigenvalue weighted by atomic mass is 32.2. The second kappa shape index (κ2) is 8.43. The summed E-state index contributed by atoms with van der Waals surface area (Å²) in [6.07, 6.45) is 7.06. The molecule has 0 bridgehead atoms. The monoisotopic (exact) mass is 405 g/mol. The van der Waals surface area contributed by atoms with Crippen molar-refractivity contribution in [2.75, 3.05) is 0 Å². The third kappa shape index (κ3) is 4.98. The van der Waals surface area contributed by atoms with Crippen molar-refractivity contribution in [3.05, 3.63) is 40.4 Å². The third-order valence-corrected chi connectivity index (χ3v) is 7.17. The molecule has 1 aliphatic rings. The normalized spacial score (nSPS) is 15.7. The molecule has 0 N–H and O–H groups in total. The Labute approximate surface area is 165 Å². The Morgan fingerprint density at radius 2 is 1.89 bits per heavy atom. The van der Waals surface area contributed by atoms with E-state index in [1.807, 2.05) is 0 Å². The Morgan fingerprint density at radius 3 is 2.54 bits per heavy atom. The van der Waals surface area contributed by atoms with E-state index in [1.54, 1.807) is 39.2 Å². The maximum absolute atomic E-state index is 12.4. The number of rotatable bonds is 6. The standard InChI is InChI=1S/C20H27N3O4S/c1-14(2)28(25,26)13-16-11-18(15-9-10-19(24)23(3)12-15)22-20(21-16)27-17-7-5-4-6-8-17/h9-12,14,17H,4-8,13H2,1-3H3. The largest absolute Gasteiger partial charge is 0.460 e. The molecule has 2 heterocycles. The van der Waals surface area contributed by atoms with Crippen molar-refractivity contribution in [1.82, 2.24) is 14.5 Å². The van der Waals surface area contributed by atoms with E-state index in [4.69, 9.17) is 4.74 Å². The van der Waals surface area contributed by atoms with E-state index >= 15 is 0 Å². The fourth-order valence-corrected chi connectivity index (χ4v) is 4.09. The summed E-state index contributed by atoms with van der Waals surface area (Å²) in [5.41, 5.74) is 1.53. The van der Waals surface area contributed by atoms with Crippen LogP contribution in [0.4, 0.5) is 0 Å². The first-order valence-corrected chi connectivity index (χ1v) is 11.4. The van der Waals surface area contributed by atoms with Crippen LogP contribution in [0.1, 0.15) is 51.6 Å². The number of hydrogen-bond donors (Lipinski definition) is 0. The zero-order valence-corrected chi connectivity index (χ0v) is 17.4. The number of ether oxygens (including phenoxy) is 1. The summed E-state index contributed by atoms with van der Waals surface area (Å²) in [4.78, 5) is 20.6. The van der Waals surface area contributed by atoms with Crippen LogP contribution in [0.3, 0.4) is 0 Å². The van der Waals surface area contributed by atoms with Gasteiger partial charge in [-0.25, -0.2) is 8.42 Å². The maximum Gasteiger partial charge on any atom is 0.317 e. The number of aryl methyl sites for hydroxylation is 1. The van der Waals surface area contributed by atoms with E-state index < -0.39 is 15.1 Å². The van der Waals surface area contributed by atoms with E-state index in [9.17, 15) is 13.2 Å². The molecule has 152 valence electrons. The lowest BCUT2D eigenvalue weighted by Crippen LogP contribution is -2.22. The van der Waals surface area contributed by atoms with E-state index in [0.29, 0.717) is 17.0 Å². The number of pyridine rings is 1. The van der Waals surface area contributed by atoms with Crippen molar-refractivity contribution in [3.63, 3.8) is 0 Å². The van der Waals surface area contributed by atoms with Crippen LogP contribution in [0.5, 0.6) is 6.01 Å². The molecule has 2 aromatic heterocycles. The molecular weight excluding hydrogens is 378 g/mol. The van der Waals surface area contributed by atoms with Crippen LogP contribution < -0.4 is 10.3 Å². The molecule has 0 amide bonds. The van der Waals surface area contributed by atoms with Gasteiger partial charge in [-0.15, -0.1) is 0 Å². The molecule has 1 aliphatic carbocycles. The first-order chi connectivity index (χ1) is 13.2. The summed E-state index contributed by atoms with van der Waals surface area (Å²) in [5.74, 6) is -0.174. The Balaban J connectivity index is 1.99. The van der Waals surface area contributed by atoms with E-state index in [0.717, 1.165) is 25.7 Å². The van der Waals surface area contributed by atoms with E-state index in [2.05, 4.69) is 9.97 Å². The van der Waals surface area contributed by atoms with Crippen LogP contribution in [0.2, 0.25) is 0 Å². The summed E-state index contributed by atoms with van der Waals surface area (Å²) in [7, 11) is -1.65. The van der Waals surface area contributed by atoms with Gasteiger partial charge < -0.3 is 9.30 Å². The molecule has 0 spiro atoms. The van der Waals surface area contributed by atoms with Crippen molar-refractivity contribution < 1.29 is 13.2 Å². The smallest absolute Gasteiger partial charge is 0.317 e. The van der Waals surface area contributed by atoms with Gasteiger partial charge in [-0.3, -0.25) is 4.79 Å². The summed E-state index contributed by atoms with van der Waals surface area (Å²) >= 11 is 0. The zero-order chi connectivity index (χ0) is 20.3. The molecule has 0 aliphatic heterocycles. The summed E-state index contributed by atoms with van der Waals surface area (Å²) in [6.45, 7) is 3.31. The fraction of sp³-hybridized carbons (Fsp3) is 0.550. The summed E-state index contributed by atoms with van der Waals surface area (Å²) < 4.78 is 32.3. The lowest BCUT2D eigenvalue weighted by molar-refractivity contribution is 0.141. The molecule has 1 fully saturated rings. The van der Waals surface area contributed by atoms with Crippen molar-refractivity contribution in [2.45, 2.75) is 63.1 Å². The van der Waals surface area contributed by atoms with Gasteiger partial charge in [0, 0.05) is 24.9 Å². The van der Waals surface area contributed by atoms with Gasteiger partial charge in [0.1, 0.15) is 6.10 Å². The second-order valence-corrected chi connectivity index (χ2v) is 10.2. The highest BCUT2D eigenvalue weighted by Crippen LogP contribution is 2.25. The maximum atomic E-state index is 12.4. The first kappa shape index (κ1) is 20.5. The minimum absolute atomic E-state index is 0.0543. The van der Waals surface area contributed by atoms with Crippen LogP contribution in [0.15, 0.2) is 29.2 Å². The SMILES string of the molecule is CC(C)S(=O)(=O)Cc1cc(-c2ccc(=O)n(C)c2)nc(OC2CCCCC2)n1. The predicted molar refractivity (Wildman–Crippen MR) is 108 cm³/mol. The lowest BCUT2D eigenvalue weighted by atomic mass is 9.98. The summed E-state index contributed by atoms with van der Waals surface area (Å²) in [5, 5.41) is -0.494. The van der Waals surface area contributed by atoms with Crippen LogP contribution in [0.25, 0.3) is 11.3 Å². The predicted octanol–water partition coefficient (Wildman–Crippen LogP) is 2.88.